The predicted molar refractivity (Wildman–Crippen MR) is 52.9 cm³/mol. The average Bonchev–Trinajstić information content (AvgIpc) is 2.71. The molecule has 2 aromatic rings. The minimum absolute atomic E-state index is 0.0279. The Bertz CT molecular complexity index is 411. The molecular formula is C7H6BrN3OS. The molecule has 0 spiro atoms. The Kier molecular flexibility index (Phi) is 2.43. The summed E-state index contributed by atoms with van der Waals surface area (Å²) in [5.41, 5.74) is 0. The second-order valence-corrected chi connectivity index (χ2v) is 4.38. The maximum Gasteiger partial charge on any atom is 0.210 e. The van der Waals surface area contributed by atoms with Crippen molar-refractivity contribution >= 4 is 27.3 Å². The van der Waals surface area contributed by atoms with E-state index in [2.05, 4.69) is 26.0 Å². The lowest BCUT2D eigenvalue weighted by Crippen LogP contribution is -1.91. The fourth-order valence-corrected chi connectivity index (χ4v) is 1.87. The molecule has 4 nitrogen and oxygen atoms in total. The Morgan fingerprint density at radius 1 is 1.54 bits per heavy atom. The van der Waals surface area contributed by atoms with Gasteiger partial charge in [-0.15, -0.1) is 0 Å². The van der Waals surface area contributed by atoms with Crippen molar-refractivity contribution < 1.29 is 5.11 Å². The summed E-state index contributed by atoms with van der Waals surface area (Å²) >= 11 is 4.72. The second kappa shape index (κ2) is 3.57. The van der Waals surface area contributed by atoms with Crippen molar-refractivity contribution in [2.24, 2.45) is 0 Å². The number of aliphatic hydroxyl groups excluding tert-OH is 1. The number of aliphatic hydroxyl groups is 1. The second-order valence-electron chi connectivity index (χ2n) is 2.37. The van der Waals surface area contributed by atoms with Crippen LogP contribution in [-0.4, -0.2) is 19.9 Å². The van der Waals surface area contributed by atoms with Gasteiger partial charge in [-0.3, -0.25) is 0 Å². The molecule has 6 heteroatoms. The van der Waals surface area contributed by atoms with Crippen molar-refractivity contribution in [2.45, 2.75) is 6.61 Å². The molecule has 0 saturated heterocycles. The highest BCUT2D eigenvalue weighted by Gasteiger charge is 2.03. The number of aromatic nitrogens is 3. The molecule has 0 aliphatic rings. The van der Waals surface area contributed by atoms with Gasteiger partial charge in [-0.1, -0.05) is 11.3 Å². The van der Waals surface area contributed by atoms with Crippen molar-refractivity contribution in [2.75, 3.05) is 0 Å². The Labute approximate surface area is 87.0 Å². The smallest absolute Gasteiger partial charge is 0.210 e. The van der Waals surface area contributed by atoms with Crippen LogP contribution in [0.25, 0.3) is 5.13 Å². The first-order valence-electron chi connectivity index (χ1n) is 3.55. The number of rotatable bonds is 2. The van der Waals surface area contributed by atoms with Gasteiger partial charge in [-0.05, 0) is 15.9 Å². The summed E-state index contributed by atoms with van der Waals surface area (Å²) in [6, 6.07) is 0. The van der Waals surface area contributed by atoms with Crippen LogP contribution in [0, 0.1) is 0 Å². The summed E-state index contributed by atoms with van der Waals surface area (Å²) in [6.07, 6.45) is 5.16. The highest BCUT2D eigenvalue weighted by atomic mass is 79.9. The minimum atomic E-state index is 0.0279. The molecule has 13 heavy (non-hydrogen) atoms. The van der Waals surface area contributed by atoms with E-state index in [9.17, 15) is 0 Å². The summed E-state index contributed by atoms with van der Waals surface area (Å²) in [4.78, 5) is 4.94. The van der Waals surface area contributed by atoms with E-state index in [0.717, 1.165) is 14.5 Å². The summed E-state index contributed by atoms with van der Waals surface area (Å²) in [5, 5.41) is 13.7. The third-order valence-electron chi connectivity index (χ3n) is 1.44. The zero-order valence-corrected chi connectivity index (χ0v) is 8.92. The molecule has 0 saturated carbocycles. The van der Waals surface area contributed by atoms with Crippen molar-refractivity contribution in [3.63, 3.8) is 0 Å². The van der Waals surface area contributed by atoms with Crippen molar-refractivity contribution in [1.29, 1.82) is 0 Å². The van der Waals surface area contributed by atoms with Crippen LogP contribution in [0.1, 0.15) is 4.88 Å². The average molecular weight is 260 g/mol. The van der Waals surface area contributed by atoms with Crippen LogP contribution >= 0.6 is 27.3 Å². The molecule has 0 aromatic carbocycles. The molecule has 2 rings (SSSR count). The molecule has 1 N–H and O–H groups in total. The largest absolute Gasteiger partial charge is 0.391 e. The van der Waals surface area contributed by atoms with Crippen LogP contribution in [-0.2, 0) is 6.61 Å². The molecule has 0 aliphatic carbocycles. The van der Waals surface area contributed by atoms with Gasteiger partial charge < -0.3 is 5.11 Å². The van der Waals surface area contributed by atoms with Gasteiger partial charge in [0.25, 0.3) is 0 Å². The predicted octanol–water partition coefficient (Wildman–Crippen LogP) is 1.58. The van der Waals surface area contributed by atoms with Gasteiger partial charge in [-0.25, -0.2) is 9.67 Å². The van der Waals surface area contributed by atoms with E-state index in [0.29, 0.717) is 0 Å². The quantitative estimate of drug-likeness (QED) is 0.891. The molecule has 0 bridgehead atoms. The van der Waals surface area contributed by atoms with Crippen LogP contribution in [0.3, 0.4) is 0 Å². The maximum absolute atomic E-state index is 8.83. The van der Waals surface area contributed by atoms with Crippen molar-refractivity contribution in [3.8, 4) is 5.13 Å². The van der Waals surface area contributed by atoms with E-state index in [4.69, 9.17) is 5.11 Å². The minimum Gasteiger partial charge on any atom is -0.391 e. The number of halogens is 1. The number of nitrogens with zero attached hydrogens (tertiary/aromatic N) is 3. The van der Waals surface area contributed by atoms with E-state index in [1.54, 1.807) is 17.1 Å². The van der Waals surface area contributed by atoms with E-state index in [1.807, 2.05) is 6.20 Å². The first kappa shape index (κ1) is 8.86. The van der Waals surface area contributed by atoms with Crippen LogP contribution in [0.15, 0.2) is 23.1 Å². The summed E-state index contributed by atoms with van der Waals surface area (Å²) in [7, 11) is 0. The summed E-state index contributed by atoms with van der Waals surface area (Å²) < 4.78 is 2.57. The normalized spacial score (nSPS) is 10.6. The van der Waals surface area contributed by atoms with Crippen molar-refractivity contribution in [1.82, 2.24) is 14.8 Å². The third kappa shape index (κ3) is 1.79. The molecule has 0 unspecified atom stereocenters. The molecular weight excluding hydrogens is 254 g/mol. The number of hydrogen-bond acceptors (Lipinski definition) is 4. The lowest BCUT2D eigenvalue weighted by Gasteiger charge is -1.90. The first-order chi connectivity index (χ1) is 6.29. The third-order valence-corrected chi connectivity index (χ3v) is 2.83. The molecule has 68 valence electrons. The van der Waals surface area contributed by atoms with E-state index >= 15 is 0 Å². The van der Waals surface area contributed by atoms with Gasteiger partial charge in [0.15, 0.2) is 0 Å². The van der Waals surface area contributed by atoms with Gasteiger partial charge in [0.05, 0.1) is 22.2 Å². The Balaban J connectivity index is 2.35. The lowest BCUT2D eigenvalue weighted by molar-refractivity contribution is 0.285. The highest BCUT2D eigenvalue weighted by molar-refractivity contribution is 9.10. The Morgan fingerprint density at radius 3 is 2.92 bits per heavy atom. The van der Waals surface area contributed by atoms with Gasteiger partial charge in [0.1, 0.15) is 0 Å². The molecule has 0 atom stereocenters. The maximum atomic E-state index is 8.83. The zero-order chi connectivity index (χ0) is 9.26. The SMILES string of the molecule is OCc1cnc(-n2cc(Br)cn2)s1. The molecule has 0 amide bonds. The number of hydrogen-bond donors (Lipinski definition) is 1. The van der Waals surface area contributed by atoms with E-state index in [-0.39, 0.29) is 6.61 Å². The molecule has 2 heterocycles. The monoisotopic (exact) mass is 259 g/mol. The van der Waals surface area contributed by atoms with Crippen LogP contribution in [0.4, 0.5) is 0 Å². The summed E-state index contributed by atoms with van der Waals surface area (Å²) in [6.45, 7) is 0.0279. The zero-order valence-electron chi connectivity index (χ0n) is 6.51. The Morgan fingerprint density at radius 2 is 2.38 bits per heavy atom. The lowest BCUT2D eigenvalue weighted by atomic mass is 10.6. The van der Waals surface area contributed by atoms with E-state index in [1.165, 1.54) is 11.3 Å². The standard InChI is InChI=1S/C7H6BrN3OS/c8-5-1-10-11(3-5)7-9-2-6(4-12)13-7/h1-3,12H,4H2. The number of thiazole rings is 1. The van der Waals surface area contributed by atoms with Crippen LogP contribution in [0.2, 0.25) is 0 Å². The fourth-order valence-electron chi connectivity index (χ4n) is 0.882. The van der Waals surface area contributed by atoms with Crippen molar-refractivity contribution in [3.05, 3.63) is 27.9 Å². The van der Waals surface area contributed by atoms with Gasteiger partial charge in [-0.2, -0.15) is 5.10 Å². The highest BCUT2D eigenvalue weighted by Crippen LogP contribution is 2.18. The molecule has 2 aromatic heterocycles. The van der Waals surface area contributed by atoms with Crippen LogP contribution in [0.5, 0.6) is 0 Å². The summed E-state index contributed by atoms with van der Waals surface area (Å²) in [5.74, 6) is 0. The molecule has 0 fully saturated rings. The van der Waals surface area contributed by atoms with Gasteiger partial charge in [0, 0.05) is 12.4 Å². The molecule has 0 aliphatic heterocycles. The topological polar surface area (TPSA) is 50.9 Å². The van der Waals surface area contributed by atoms with Gasteiger partial charge >= 0.3 is 0 Å². The fraction of sp³-hybridized carbons (Fsp3) is 0.143. The Hall–Kier alpha value is -0.720. The van der Waals surface area contributed by atoms with E-state index < -0.39 is 0 Å². The van der Waals surface area contributed by atoms with Crippen LogP contribution < -0.4 is 0 Å². The molecule has 0 radical (unpaired) electrons. The van der Waals surface area contributed by atoms with Gasteiger partial charge in [0.2, 0.25) is 5.13 Å². The first-order valence-corrected chi connectivity index (χ1v) is 5.16.